The first-order valence-corrected chi connectivity index (χ1v) is 12.2. The van der Waals surface area contributed by atoms with Crippen LogP contribution in [0.4, 0.5) is 13.2 Å². The summed E-state index contributed by atoms with van der Waals surface area (Å²) in [5.74, 6) is -4.16. The molecule has 1 aliphatic rings. The summed E-state index contributed by atoms with van der Waals surface area (Å²) in [6.07, 6.45) is 0.0146. The van der Waals surface area contributed by atoms with Gasteiger partial charge >= 0.3 is 0 Å². The van der Waals surface area contributed by atoms with Gasteiger partial charge in [0, 0.05) is 30.0 Å². The number of carbonyl (C=O) groups excluding carboxylic acids is 1. The molecule has 0 unspecified atom stereocenters. The number of likely N-dealkylation sites (tertiary alicyclic amines) is 1. The van der Waals surface area contributed by atoms with Crippen LogP contribution in [0.2, 0.25) is 5.02 Å². The van der Waals surface area contributed by atoms with Gasteiger partial charge in [-0.2, -0.15) is 0 Å². The minimum Gasteiger partial charge on any atom is -0.368 e. The summed E-state index contributed by atoms with van der Waals surface area (Å²) in [5.41, 5.74) is 0.617. The SMILES string of the molecule is CCC(=O)N1CC[C@](OCc2ccccc2)(c2ccc(Cl)cc2)[C@@H](OCc2ccc(F)c(F)c2F)C1. The Bertz CT molecular complexity index is 1190. The molecule has 0 N–H and O–H groups in total. The van der Waals surface area contributed by atoms with Crippen LogP contribution >= 0.6 is 11.6 Å². The second kappa shape index (κ2) is 11.5. The van der Waals surface area contributed by atoms with Crippen LogP contribution < -0.4 is 0 Å². The highest BCUT2D eigenvalue weighted by atomic mass is 35.5. The van der Waals surface area contributed by atoms with Crippen molar-refractivity contribution in [1.82, 2.24) is 4.90 Å². The Balaban J connectivity index is 1.70. The molecule has 0 radical (unpaired) electrons. The standard InChI is InChI=1S/C28H27ClF3NO3/c1-2-25(34)33-15-14-28(21-9-11-22(29)12-10-21,36-17-19-6-4-3-5-7-19)24(16-33)35-18-20-8-13-23(30)27(32)26(20)31/h3-13,24H,2,14-18H2,1H3/t24-,28-/m0/s1. The van der Waals surface area contributed by atoms with Crippen molar-refractivity contribution >= 4 is 17.5 Å². The molecule has 0 aliphatic carbocycles. The van der Waals surface area contributed by atoms with Crippen molar-refractivity contribution in [2.75, 3.05) is 13.1 Å². The number of carbonyl (C=O) groups is 1. The summed E-state index contributed by atoms with van der Waals surface area (Å²) in [6.45, 7) is 2.34. The molecule has 3 aromatic carbocycles. The second-order valence-corrected chi connectivity index (χ2v) is 9.18. The van der Waals surface area contributed by atoms with Crippen LogP contribution in [0.25, 0.3) is 0 Å². The summed E-state index contributed by atoms with van der Waals surface area (Å²) >= 11 is 6.14. The van der Waals surface area contributed by atoms with E-state index in [1.807, 2.05) is 42.5 Å². The Morgan fingerprint density at radius 3 is 2.42 bits per heavy atom. The first-order chi connectivity index (χ1) is 17.3. The van der Waals surface area contributed by atoms with Gasteiger partial charge in [0.25, 0.3) is 0 Å². The van der Waals surface area contributed by atoms with E-state index in [2.05, 4.69) is 0 Å². The minimum atomic E-state index is -1.55. The van der Waals surface area contributed by atoms with Crippen LogP contribution in [0.15, 0.2) is 66.7 Å². The quantitative estimate of drug-likeness (QED) is 0.325. The van der Waals surface area contributed by atoms with Gasteiger partial charge in [0.1, 0.15) is 11.7 Å². The topological polar surface area (TPSA) is 38.8 Å². The first kappa shape index (κ1) is 26.2. The molecule has 1 aliphatic heterocycles. The van der Waals surface area contributed by atoms with Crippen molar-refractivity contribution in [3.63, 3.8) is 0 Å². The predicted molar refractivity (Wildman–Crippen MR) is 131 cm³/mol. The van der Waals surface area contributed by atoms with Gasteiger partial charge in [0.2, 0.25) is 5.91 Å². The van der Waals surface area contributed by atoms with Gasteiger partial charge in [0.05, 0.1) is 19.8 Å². The van der Waals surface area contributed by atoms with Crippen LogP contribution in [0, 0.1) is 17.5 Å². The maximum atomic E-state index is 14.4. The number of benzene rings is 3. The molecule has 2 atom stereocenters. The van der Waals surface area contributed by atoms with E-state index < -0.39 is 29.2 Å². The lowest BCUT2D eigenvalue weighted by Gasteiger charge is -2.47. The molecule has 4 rings (SSSR count). The number of amides is 1. The molecule has 190 valence electrons. The van der Waals surface area contributed by atoms with E-state index >= 15 is 0 Å². The molecule has 0 aromatic heterocycles. The van der Waals surface area contributed by atoms with Gasteiger partial charge in [0.15, 0.2) is 17.5 Å². The van der Waals surface area contributed by atoms with Crippen LogP contribution in [0.3, 0.4) is 0 Å². The van der Waals surface area contributed by atoms with Gasteiger partial charge in [-0.1, -0.05) is 67.1 Å². The van der Waals surface area contributed by atoms with E-state index in [4.69, 9.17) is 21.1 Å². The fraction of sp³-hybridized carbons (Fsp3) is 0.321. The third-order valence-electron chi connectivity index (χ3n) is 6.54. The highest BCUT2D eigenvalue weighted by molar-refractivity contribution is 6.30. The van der Waals surface area contributed by atoms with Crippen LogP contribution in [-0.2, 0) is 33.1 Å². The Morgan fingerprint density at radius 1 is 1.00 bits per heavy atom. The highest BCUT2D eigenvalue weighted by Crippen LogP contribution is 2.40. The van der Waals surface area contributed by atoms with Crippen molar-refractivity contribution in [2.24, 2.45) is 0 Å². The zero-order valence-corrected chi connectivity index (χ0v) is 20.6. The molecule has 1 heterocycles. The summed E-state index contributed by atoms with van der Waals surface area (Å²) in [4.78, 5) is 14.2. The van der Waals surface area contributed by atoms with Crippen molar-refractivity contribution in [3.8, 4) is 0 Å². The molecule has 1 amide bonds. The van der Waals surface area contributed by atoms with E-state index in [0.29, 0.717) is 24.4 Å². The number of piperidine rings is 1. The third-order valence-corrected chi connectivity index (χ3v) is 6.79. The van der Waals surface area contributed by atoms with Crippen molar-refractivity contribution in [2.45, 2.75) is 44.7 Å². The van der Waals surface area contributed by atoms with E-state index in [1.54, 1.807) is 24.0 Å². The first-order valence-electron chi connectivity index (χ1n) is 11.8. The fourth-order valence-corrected chi connectivity index (χ4v) is 4.63. The van der Waals surface area contributed by atoms with Gasteiger partial charge in [-0.3, -0.25) is 4.79 Å². The number of rotatable bonds is 8. The van der Waals surface area contributed by atoms with Crippen molar-refractivity contribution in [1.29, 1.82) is 0 Å². The van der Waals surface area contributed by atoms with E-state index in [-0.39, 0.29) is 31.2 Å². The summed E-state index contributed by atoms with van der Waals surface area (Å²) in [5, 5.41) is 0.553. The van der Waals surface area contributed by atoms with Crippen LogP contribution in [0.1, 0.15) is 36.5 Å². The normalized spacial score (nSPS) is 19.9. The molecular weight excluding hydrogens is 491 g/mol. The Hall–Kier alpha value is -2.87. The number of ether oxygens (including phenoxy) is 2. The molecule has 0 saturated carbocycles. The number of nitrogens with zero attached hydrogens (tertiary/aromatic N) is 1. The molecule has 4 nitrogen and oxygen atoms in total. The Kier molecular flexibility index (Phi) is 8.34. The van der Waals surface area contributed by atoms with Gasteiger partial charge in [-0.25, -0.2) is 13.2 Å². The molecular formula is C28H27ClF3NO3. The Labute approximate surface area is 213 Å². The molecule has 0 spiro atoms. The van der Waals surface area contributed by atoms with E-state index in [9.17, 15) is 18.0 Å². The summed E-state index contributed by atoms with van der Waals surface area (Å²) in [6, 6.07) is 18.8. The summed E-state index contributed by atoms with van der Waals surface area (Å²) in [7, 11) is 0. The van der Waals surface area contributed by atoms with E-state index in [0.717, 1.165) is 23.3 Å². The van der Waals surface area contributed by atoms with Crippen molar-refractivity contribution in [3.05, 3.63) is 106 Å². The number of hydrogen-bond acceptors (Lipinski definition) is 3. The fourth-order valence-electron chi connectivity index (χ4n) is 4.50. The smallest absolute Gasteiger partial charge is 0.222 e. The second-order valence-electron chi connectivity index (χ2n) is 8.75. The molecule has 8 heteroatoms. The van der Waals surface area contributed by atoms with Gasteiger partial charge in [-0.15, -0.1) is 0 Å². The maximum absolute atomic E-state index is 14.4. The van der Waals surface area contributed by atoms with Crippen LogP contribution in [0.5, 0.6) is 0 Å². The molecule has 0 bridgehead atoms. The molecule has 1 fully saturated rings. The minimum absolute atomic E-state index is 0.0460. The van der Waals surface area contributed by atoms with Crippen molar-refractivity contribution < 1.29 is 27.4 Å². The zero-order valence-electron chi connectivity index (χ0n) is 19.9. The van der Waals surface area contributed by atoms with Gasteiger partial charge < -0.3 is 14.4 Å². The third kappa shape index (κ3) is 5.59. The maximum Gasteiger partial charge on any atom is 0.222 e. The summed E-state index contributed by atoms with van der Waals surface area (Å²) < 4.78 is 54.4. The highest BCUT2D eigenvalue weighted by Gasteiger charge is 2.47. The lowest BCUT2D eigenvalue weighted by Crippen LogP contribution is -2.57. The van der Waals surface area contributed by atoms with E-state index in [1.165, 1.54) is 0 Å². The number of halogens is 4. The Morgan fingerprint density at radius 2 is 1.72 bits per heavy atom. The largest absolute Gasteiger partial charge is 0.368 e. The van der Waals surface area contributed by atoms with Gasteiger partial charge in [-0.05, 0) is 29.3 Å². The average molecular weight is 518 g/mol. The molecule has 3 aromatic rings. The molecule has 1 saturated heterocycles. The number of hydrogen-bond donors (Lipinski definition) is 0. The van der Waals surface area contributed by atoms with Crippen LogP contribution in [-0.4, -0.2) is 30.0 Å². The lowest BCUT2D eigenvalue weighted by atomic mass is 9.81. The zero-order chi connectivity index (χ0) is 25.7. The predicted octanol–water partition coefficient (Wildman–Crippen LogP) is 6.40. The molecule has 36 heavy (non-hydrogen) atoms. The average Bonchev–Trinajstić information content (AvgIpc) is 2.91. The monoisotopic (exact) mass is 517 g/mol. The lowest BCUT2D eigenvalue weighted by molar-refractivity contribution is -0.196.